The first-order valence-electron chi connectivity index (χ1n) is 4.80. The van der Waals surface area contributed by atoms with Crippen molar-refractivity contribution in [2.24, 2.45) is 0 Å². The molecular formula is C12H6O5. The first kappa shape index (κ1) is 11.1. The van der Waals surface area contributed by atoms with E-state index >= 15 is 0 Å². The summed E-state index contributed by atoms with van der Waals surface area (Å²) in [6.07, 6.45) is 0. The van der Waals surface area contributed by atoms with Crippen molar-refractivity contribution in [3.8, 4) is 0 Å². The molecule has 0 bridgehead atoms. The summed E-state index contributed by atoms with van der Waals surface area (Å²) in [5.74, 6) is -8.09. The largest absolute Gasteiger partial charge is 0.289 e. The van der Waals surface area contributed by atoms with Gasteiger partial charge in [0.1, 0.15) is 5.92 Å². The molecule has 0 aliphatic heterocycles. The Kier molecular flexibility index (Phi) is 2.51. The lowest BCUT2D eigenvalue weighted by Gasteiger charge is -2.16. The molecule has 0 spiro atoms. The highest BCUT2D eigenvalue weighted by molar-refractivity contribution is 6.92. The lowest BCUT2D eigenvalue weighted by atomic mass is 9.80. The van der Waals surface area contributed by atoms with Crippen LogP contribution in [0.1, 0.15) is 11.5 Å². The fourth-order valence-corrected chi connectivity index (χ4v) is 1.66. The maximum absolute atomic E-state index is 11.5. The Balaban J connectivity index is 2.51. The quantitative estimate of drug-likeness (QED) is 0.485. The number of Topliss-reactive ketones (excluding diaryl/α,β-unsaturated/α-hetero) is 5. The lowest BCUT2D eigenvalue weighted by molar-refractivity contribution is -0.155. The molecule has 0 saturated heterocycles. The standard InChI is InChI=1S/C12H6O5/c13-8-7(6-4-2-1-3-5-6)9(14)11(16)12(17)10(8)15/h1-5,7H. The summed E-state index contributed by atoms with van der Waals surface area (Å²) in [5.41, 5.74) is 0.247. The van der Waals surface area contributed by atoms with Crippen molar-refractivity contribution in [3.63, 3.8) is 0 Å². The van der Waals surface area contributed by atoms with Crippen LogP contribution in [0.3, 0.4) is 0 Å². The molecule has 0 atom stereocenters. The van der Waals surface area contributed by atoms with E-state index in [-0.39, 0.29) is 5.56 Å². The highest BCUT2D eigenvalue weighted by atomic mass is 16.2. The highest BCUT2D eigenvalue weighted by Gasteiger charge is 2.48. The van der Waals surface area contributed by atoms with E-state index in [0.29, 0.717) is 0 Å². The molecule has 0 amide bonds. The Morgan fingerprint density at radius 3 is 1.59 bits per heavy atom. The van der Waals surface area contributed by atoms with Crippen molar-refractivity contribution in [2.75, 3.05) is 0 Å². The average Bonchev–Trinajstić information content (AvgIpc) is 2.36. The van der Waals surface area contributed by atoms with E-state index in [2.05, 4.69) is 0 Å². The first-order chi connectivity index (χ1) is 8.04. The SMILES string of the molecule is O=C1C(=O)C(=O)C(c2ccccc2)C(=O)C1=O. The van der Waals surface area contributed by atoms with Crippen LogP contribution in [-0.2, 0) is 24.0 Å². The zero-order valence-corrected chi connectivity index (χ0v) is 8.51. The Morgan fingerprint density at radius 1 is 0.647 bits per heavy atom. The van der Waals surface area contributed by atoms with Gasteiger partial charge >= 0.3 is 0 Å². The predicted octanol–water partition coefficient (Wildman–Crippen LogP) is -0.371. The molecule has 5 heteroatoms. The number of carbonyl (C=O) groups is 5. The molecule has 0 radical (unpaired) electrons. The molecule has 2 rings (SSSR count). The zero-order valence-electron chi connectivity index (χ0n) is 8.51. The van der Waals surface area contributed by atoms with Crippen LogP contribution in [0.2, 0.25) is 0 Å². The summed E-state index contributed by atoms with van der Waals surface area (Å²) in [6.45, 7) is 0. The van der Waals surface area contributed by atoms with Crippen LogP contribution in [0.5, 0.6) is 0 Å². The van der Waals surface area contributed by atoms with Crippen LogP contribution in [-0.4, -0.2) is 28.9 Å². The monoisotopic (exact) mass is 230 g/mol. The van der Waals surface area contributed by atoms with E-state index in [1.165, 1.54) is 12.1 Å². The number of hydrogen-bond donors (Lipinski definition) is 0. The summed E-state index contributed by atoms with van der Waals surface area (Å²) in [6, 6.07) is 7.71. The molecule has 1 aliphatic rings. The summed E-state index contributed by atoms with van der Waals surface area (Å²) in [4.78, 5) is 56.5. The Morgan fingerprint density at radius 2 is 1.12 bits per heavy atom. The molecule has 1 aromatic rings. The van der Waals surface area contributed by atoms with E-state index in [1.807, 2.05) is 0 Å². The van der Waals surface area contributed by atoms with Gasteiger partial charge in [-0.1, -0.05) is 30.3 Å². The summed E-state index contributed by atoms with van der Waals surface area (Å²) in [5, 5.41) is 0. The van der Waals surface area contributed by atoms with Gasteiger partial charge in [-0.2, -0.15) is 0 Å². The second-order valence-corrected chi connectivity index (χ2v) is 3.56. The Bertz CT molecular complexity index is 526. The topological polar surface area (TPSA) is 85.3 Å². The van der Waals surface area contributed by atoms with Gasteiger partial charge in [-0.15, -0.1) is 0 Å². The van der Waals surface area contributed by atoms with Crippen LogP contribution in [0.4, 0.5) is 0 Å². The van der Waals surface area contributed by atoms with Crippen LogP contribution in [0.15, 0.2) is 30.3 Å². The third kappa shape index (κ3) is 1.61. The van der Waals surface area contributed by atoms with Crippen molar-refractivity contribution in [3.05, 3.63) is 35.9 Å². The second-order valence-electron chi connectivity index (χ2n) is 3.56. The van der Waals surface area contributed by atoms with Gasteiger partial charge in [0.25, 0.3) is 17.3 Å². The maximum Gasteiger partial charge on any atom is 0.280 e. The minimum absolute atomic E-state index is 0.247. The minimum Gasteiger partial charge on any atom is -0.289 e. The van der Waals surface area contributed by atoms with Gasteiger partial charge in [-0.25, -0.2) is 0 Å². The zero-order chi connectivity index (χ0) is 12.6. The van der Waals surface area contributed by atoms with Crippen molar-refractivity contribution in [1.29, 1.82) is 0 Å². The van der Waals surface area contributed by atoms with Gasteiger partial charge in [0, 0.05) is 0 Å². The molecule has 1 aromatic carbocycles. The molecule has 0 N–H and O–H groups in total. The van der Waals surface area contributed by atoms with Crippen LogP contribution in [0.25, 0.3) is 0 Å². The number of hydrogen-bond acceptors (Lipinski definition) is 5. The fraction of sp³-hybridized carbons (Fsp3) is 0.0833. The van der Waals surface area contributed by atoms with Gasteiger partial charge in [-0.3, -0.25) is 24.0 Å². The second kappa shape index (κ2) is 3.86. The van der Waals surface area contributed by atoms with E-state index in [9.17, 15) is 24.0 Å². The van der Waals surface area contributed by atoms with Gasteiger partial charge < -0.3 is 0 Å². The Hall–Kier alpha value is -2.43. The fourth-order valence-electron chi connectivity index (χ4n) is 1.66. The van der Waals surface area contributed by atoms with Gasteiger partial charge in [0.15, 0.2) is 0 Å². The molecule has 0 unspecified atom stereocenters. The number of benzene rings is 1. The van der Waals surface area contributed by atoms with E-state index in [1.54, 1.807) is 18.2 Å². The van der Waals surface area contributed by atoms with E-state index < -0.39 is 34.8 Å². The summed E-state index contributed by atoms with van der Waals surface area (Å²) >= 11 is 0. The van der Waals surface area contributed by atoms with Crippen LogP contribution < -0.4 is 0 Å². The maximum atomic E-state index is 11.5. The normalized spacial score (nSPS) is 17.8. The third-order valence-electron chi connectivity index (χ3n) is 2.52. The number of carbonyl (C=O) groups excluding carboxylic acids is 5. The van der Waals surface area contributed by atoms with Crippen LogP contribution >= 0.6 is 0 Å². The van der Waals surface area contributed by atoms with Crippen LogP contribution in [0, 0.1) is 0 Å². The number of rotatable bonds is 1. The first-order valence-corrected chi connectivity index (χ1v) is 4.80. The third-order valence-corrected chi connectivity index (χ3v) is 2.52. The molecule has 0 heterocycles. The minimum atomic E-state index is -1.54. The van der Waals surface area contributed by atoms with Gasteiger partial charge in [0.2, 0.25) is 11.6 Å². The van der Waals surface area contributed by atoms with Crippen molar-refractivity contribution >= 4 is 28.9 Å². The lowest BCUT2D eigenvalue weighted by Crippen LogP contribution is -2.47. The summed E-state index contributed by atoms with van der Waals surface area (Å²) in [7, 11) is 0. The highest BCUT2D eigenvalue weighted by Crippen LogP contribution is 2.22. The van der Waals surface area contributed by atoms with Gasteiger partial charge in [0.05, 0.1) is 0 Å². The van der Waals surface area contributed by atoms with Crippen molar-refractivity contribution in [1.82, 2.24) is 0 Å². The molecule has 1 saturated carbocycles. The van der Waals surface area contributed by atoms with Gasteiger partial charge in [-0.05, 0) is 5.56 Å². The van der Waals surface area contributed by atoms with E-state index in [0.717, 1.165) is 0 Å². The molecule has 0 aromatic heterocycles. The number of ketones is 5. The smallest absolute Gasteiger partial charge is 0.280 e. The molecular weight excluding hydrogens is 224 g/mol. The van der Waals surface area contributed by atoms with Crippen molar-refractivity contribution < 1.29 is 24.0 Å². The molecule has 5 nitrogen and oxygen atoms in total. The molecule has 1 aliphatic carbocycles. The predicted molar refractivity (Wildman–Crippen MR) is 54.2 cm³/mol. The van der Waals surface area contributed by atoms with Crippen molar-refractivity contribution in [2.45, 2.75) is 5.92 Å². The molecule has 1 fully saturated rings. The molecule has 84 valence electrons. The summed E-state index contributed by atoms with van der Waals surface area (Å²) < 4.78 is 0. The average molecular weight is 230 g/mol. The molecule has 17 heavy (non-hydrogen) atoms. The Labute approximate surface area is 95.4 Å². The van der Waals surface area contributed by atoms with E-state index in [4.69, 9.17) is 0 Å².